The lowest BCUT2D eigenvalue weighted by molar-refractivity contribution is -0.119. The van der Waals surface area contributed by atoms with Crippen molar-refractivity contribution in [2.45, 2.75) is 13.0 Å². The molecule has 1 aromatic carbocycles. The first-order valence-electron chi connectivity index (χ1n) is 8.04. The molecule has 1 atom stereocenters. The number of carbonyl (C=O) groups excluding carboxylic acids is 2. The zero-order valence-corrected chi connectivity index (χ0v) is 14.6. The largest absolute Gasteiger partial charge is 0.442 e. The van der Waals surface area contributed by atoms with Crippen molar-refractivity contribution < 1.29 is 23.2 Å². The fourth-order valence-corrected chi connectivity index (χ4v) is 2.35. The molecule has 1 aromatic heterocycles. The van der Waals surface area contributed by atoms with E-state index in [9.17, 15) is 18.8 Å². The van der Waals surface area contributed by atoms with Crippen LogP contribution in [-0.4, -0.2) is 47.7 Å². The maximum Gasteiger partial charge on any atom is 0.440 e. The molecule has 2 heterocycles. The lowest BCUT2D eigenvalue weighted by Gasteiger charge is -2.13. The van der Waals surface area contributed by atoms with Crippen molar-refractivity contribution in [3.8, 4) is 0 Å². The minimum atomic E-state index is -0.734. The summed E-state index contributed by atoms with van der Waals surface area (Å²) in [5.41, 5.74) is 5.25. The zero-order chi connectivity index (χ0) is 20.1. The van der Waals surface area contributed by atoms with Gasteiger partial charge in [-0.05, 0) is 23.4 Å². The fraction of sp³-hybridized carbons (Fsp3) is 0.267. The number of hydrogen-bond donors (Lipinski definition) is 4. The number of benzene rings is 1. The van der Waals surface area contributed by atoms with Crippen LogP contribution >= 0.6 is 0 Å². The number of aromatic amines is 1. The van der Waals surface area contributed by atoms with Crippen LogP contribution in [0.5, 0.6) is 0 Å². The molecule has 0 bridgehead atoms. The second-order valence-corrected chi connectivity index (χ2v) is 5.66. The van der Waals surface area contributed by atoms with Gasteiger partial charge in [0.15, 0.2) is 5.82 Å². The maximum atomic E-state index is 14.3. The number of ether oxygens (including phenoxy) is 1. The van der Waals surface area contributed by atoms with Gasteiger partial charge in [-0.1, -0.05) is 0 Å². The van der Waals surface area contributed by atoms with Crippen LogP contribution in [0.15, 0.2) is 32.5 Å². The molecule has 0 radical (unpaired) electrons. The van der Waals surface area contributed by atoms with Crippen LogP contribution in [0.1, 0.15) is 6.92 Å². The molecule has 3 rings (SSSR count). The lowest BCUT2D eigenvalue weighted by Crippen LogP contribution is -2.33. The van der Waals surface area contributed by atoms with Crippen molar-refractivity contribution in [1.29, 1.82) is 0 Å². The third-order valence-electron chi connectivity index (χ3n) is 3.59. The molecule has 12 nitrogen and oxygen atoms in total. The molecule has 2 amide bonds. The summed E-state index contributed by atoms with van der Waals surface area (Å²) in [6.45, 7) is 1.72. The third-order valence-corrected chi connectivity index (χ3v) is 3.59. The Hall–Kier alpha value is -3.90. The standard InChI is InChI=1S/C15H16FN7O5/c1-8(24)17-5-10-6-23(15(26)27-10)9-2-3-12(11(16)4-9)18-7-19-21-13-20-14(25)28-22-13/h2-4,7,10H,5-6H2,1H3,(H,17,24)(H,18,19)(H2,20,21,22,25)/t10-/m0/s1. The Balaban J connectivity index is 1.58. The minimum Gasteiger partial charge on any atom is -0.442 e. The summed E-state index contributed by atoms with van der Waals surface area (Å²) < 4.78 is 23.7. The monoisotopic (exact) mass is 393 g/mol. The van der Waals surface area contributed by atoms with Gasteiger partial charge in [-0.3, -0.25) is 30.1 Å². The summed E-state index contributed by atoms with van der Waals surface area (Å²) in [7, 11) is 0. The van der Waals surface area contributed by atoms with Crippen molar-refractivity contribution in [1.82, 2.24) is 20.9 Å². The number of cyclic esters (lactones) is 1. The number of aromatic nitrogens is 2. The number of hydrogen-bond acceptors (Lipinski definition) is 8. The average Bonchev–Trinajstić information content (AvgIpc) is 3.23. The highest BCUT2D eigenvalue weighted by atomic mass is 19.1. The smallest absolute Gasteiger partial charge is 0.440 e. The first kappa shape index (κ1) is 18.9. The Morgan fingerprint density at radius 1 is 1.50 bits per heavy atom. The van der Waals surface area contributed by atoms with E-state index in [1.165, 1.54) is 24.0 Å². The van der Waals surface area contributed by atoms with Gasteiger partial charge in [0.2, 0.25) is 5.91 Å². The van der Waals surface area contributed by atoms with E-state index < -0.39 is 23.8 Å². The average molecular weight is 393 g/mol. The summed E-state index contributed by atoms with van der Waals surface area (Å²) in [5, 5.41) is 5.91. The van der Waals surface area contributed by atoms with Crippen LogP contribution < -0.4 is 26.8 Å². The molecule has 2 aromatic rings. The van der Waals surface area contributed by atoms with E-state index in [1.54, 1.807) is 0 Å². The number of hydrazine groups is 1. The van der Waals surface area contributed by atoms with Crippen LogP contribution in [0.4, 0.5) is 26.5 Å². The normalized spacial score (nSPS) is 16.3. The number of aliphatic imine (C=N–C) groups is 1. The van der Waals surface area contributed by atoms with Gasteiger partial charge < -0.3 is 10.1 Å². The van der Waals surface area contributed by atoms with Crippen LogP contribution in [0.25, 0.3) is 0 Å². The molecule has 148 valence electrons. The van der Waals surface area contributed by atoms with Gasteiger partial charge in [-0.15, -0.1) is 0 Å². The highest BCUT2D eigenvalue weighted by Gasteiger charge is 2.32. The number of nitrogens with one attached hydrogen (secondary N) is 4. The summed E-state index contributed by atoms with van der Waals surface area (Å²) >= 11 is 0. The number of nitrogens with zero attached hydrogens (tertiary/aromatic N) is 3. The zero-order valence-electron chi connectivity index (χ0n) is 14.6. The van der Waals surface area contributed by atoms with E-state index in [4.69, 9.17) is 4.74 Å². The van der Waals surface area contributed by atoms with Crippen LogP contribution in [0.2, 0.25) is 0 Å². The second-order valence-electron chi connectivity index (χ2n) is 5.66. The van der Waals surface area contributed by atoms with E-state index in [0.29, 0.717) is 5.69 Å². The van der Waals surface area contributed by atoms with Crippen LogP contribution in [-0.2, 0) is 9.53 Å². The Kier molecular flexibility index (Phi) is 5.53. The fourth-order valence-electron chi connectivity index (χ4n) is 2.35. The van der Waals surface area contributed by atoms with E-state index >= 15 is 0 Å². The van der Waals surface area contributed by atoms with Crippen molar-refractivity contribution in [3.05, 3.63) is 34.6 Å². The van der Waals surface area contributed by atoms with Crippen molar-refractivity contribution in [2.75, 3.05) is 23.4 Å². The predicted octanol–water partition coefficient (Wildman–Crippen LogP) is 0.240. The molecule has 0 saturated carbocycles. The van der Waals surface area contributed by atoms with Gasteiger partial charge >= 0.3 is 11.8 Å². The van der Waals surface area contributed by atoms with Crippen LogP contribution in [0, 0.1) is 5.82 Å². The van der Waals surface area contributed by atoms with E-state index in [2.05, 4.69) is 35.8 Å². The molecular formula is C15H16FN7O5. The Morgan fingerprint density at radius 3 is 3.00 bits per heavy atom. The SMILES string of the molecule is CC(=O)NC[C@H]1CN(c2ccc(N=CNNc3noc(=O)[nH]3)c(F)c2)C(=O)O1. The molecular weight excluding hydrogens is 377 g/mol. The Bertz CT molecular complexity index is 956. The summed E-state index contributed by atoms with van der Waals surface area (Å²) in [5.74, 6) is -1.61. The van der Waals surface area contributed by atoms with Crippen molar-refractivity contribution in [3.63, 3.8) is 0 Å². The number of carbonyl (C=O) groups is 2. The maximum absolute atomic E-state index is 14.3. The van der Waals surface area contributed by atoms with E-state index in [0.717, 1.165) is 12.4 Å². The molecule has 28 heavy (non-hydrogen) atoms. The summed E-state index contributed by atoms with van der Waals surface area (Å²) in [6.07, 6.45) is -0.00700. The quantitative estimate of drug-likeness (QED) is 0.296. The molecule has 1 fully saturated rings. The molecule has 1 aliphatic rings. The van der Waals surface area contributed by atoms with Gasteiger partial charge in [-0.25, -0.2) is 19.0 Å². The van der Waals surface area contributed by atoms with Crippen LogP contribution in [0.3, 0.4) is 0 Å². The molecule has 4 N–H and O–H groups in total. The molecule has 13 heteroatoms. The Morgan fingerprint density at radius 2 is 2.32 bits per heavy atom. The highest BCUT2D eigenvalue weighted by Crippen LogP contribution is 2.27. The number of H-pyrrole nitrogens is 1. The molecule has 0 spiro atoms. The summed E-state index contributed by atoms with van der Waals surface area (Å²) in [6, 6.07) is 4.05. The van der Waals surface area contributed by atoms with Crippen molar-refractivity contribution in [2.24, 2.45) is 4.99 Å². The topological polar surface area (TPSA) is 154 Å². The first-order valence-corrected chi connectivity index (χ1v) is 8.04. The third kappa shape index (κ3) is 4.63. The van der Waals surface area contributed by atoms with E-state index in [-0.39, 0.29) is 30.6 Å². The Labute approximate surface area is 156 Å². The predicted molar refractivity (Wildman–Crippen MR) is 94.7 cm³/mol. The number of rotatable bonds is 7. The molecule has 1 saturated heterocycles. The second kappa shape index (κ2) is 8.20. The highest BCUT2D eigenvalue weighted by molar-refractivity contribution is 5.90. The number of anilines is 2. The summed E-state index contributed by atoms with van der Waals surface area (Å²) in [4.78, 5) is 41.0. The minimum absolute atomic E-state index is 0.00839. The lowest BCUT2D eigenvalue weighted by atomic mass is 10.2. The van der Waals surface area contributed by atoms with Gasteiger partial charge in [0.05, 0.1) is 18.8 Å². The first-order chi connectivity index (χ1) is 13.4. The van der Waals surface area contributed by atoms with Gasteiger partial charge in [0.1, 0.15) is 18.1 Å². The van der Waals surface area contributed by atoms with E-state index in [1.807, 2.05) is 0 Å². The number of halogens is 1. The van der Waals surface area contributed by atoms with Crippen molar-refractivity contribution >= 4 is 35.7 Å². The molecule has 0 aliphatic carbocycles. The number of amides is 2. The molecule has 0 unspecified atom stereocenters. The van der Waals surface area contributed by atoms with Gasteiger partial charge in [-0.2, -0.15) is 0 Å². The van der Waals surface area contributed by atoms with Gasteiger partial charge in [0, 0.05) is 6.92 Å². The van der Waals surface area contributed by atoms with Gasteiger partial charge in [0.25, 0.3) is 5.95 Å². The molecule has 1 aliphatic heterocycles.